The van der Waals surface area contributed by atoms with E-state index in [9.17, 15) is 4.79 Å². The number of rotatable bonds is 2. The number of fused-ring (bicyclic) bond motifs is 3. The summed E-state index contributed by atoms with van der Waals surface area (Å²) < 4.78 is 1.32. The number of nitrogens with zero attached hydrogens (tertiary/aromatic N) is 3. The molecule has 1 aliphatic heterocycles. The van der Waals surface area contributed by atoms with Crippen molar-refractivity contribution in [3.8, 4) is 0 Å². The number of nitrogens with one attached hydrogen (secondary N) is 1. The van der Waals surface area contributed by atoms with Crippen LogP contribution in [0, 0.1) is 0 Å². The minimum atomic E-state index is -0.609. The third kappa shape index (κ3) is 2.43. The topological polar surface area (TPSA) is 78.3 Å². The van der Waals surface area contributed by atoms with Crippen molar-refractivity contribution < 1.29 is 10.0 Å². The van der Waals surface area contributed by atoms with E-state index < -0.39 is 5.91 Å². The van der Waals surface area contributed by atoms with Gasteiger partial charge in [0.1, 0.15) is 0 Å². The summed E-state index contributed by atoms with van der Waals surface area (Å²) in [7, 11) is 0. The summed E-state index contributed by atoms with van der Waals surface area (Å²) in [5.74, 6) is -0.00965. The van der Waals surface area contributed by atoms with Crippen LogP contribution in [0.4, 0.5) is 5.95 Å². The Labute approximate surface area is 136 Å². The monoisotopic (exact) mass is 326 g/mol. The van der Waals surface area contributed by atoms with E-state index in [0.717, 1.165) is 19.5 Å². The van der Waals surface area contributed by atoms with Crippen molar-refractivity contribution in [2.75, 3.05) is 11.4 Å². The van der Waals surface area contributed by atoms with Crippen LogP contribution in [0.25, 0.3) is 10.1 Å². The third-order valence-electron chi connectivity index (χ3n) is 4.03. The second kappa shape index (κ2) is 5.60. The van der Waals surface area contributed by atoms with Crippen LogP contribution in [0.3, 0.4) is 0 Å². The van der Waals surface area contributed by atoms with Crippen LogP contribution in [-0.2, 0) is 13.0 Å². The number of carbonyl (C=O) groups is 1. The predicted octanol–water partition coefficient (Wildman–Crippen LogP) is 2.37. The first-order chi connectivity index (χ1) is 11.3. The Hall–Kier alpha value is -2.51. The van der Waals surface area contributed by atoms with Gasteiger partial charge in [-0.15, -0.1) is 11.3 Å². The first kappa shape index (κ1) is 14.1. The zero-order chi connectivity index (χ0) is 15.8. The highest BCUT2D eigenvalue weighted by atomic mass is 32.1. The van der Waals surface area contributed by atoms with Gasteiger partial charge < -0.3 is 4.90 Å². The van der Waals surface area contributed by atoms with Gasteiger partial charge in [0.05, 0.1) is 12.1 Å². The van der Waals surface area contributed by atoms with Crippen molar-refractivity contribution in [2.24, 2.45) is 0 Å². The van der Waals surface area contributed by atoms with Crippen LogP contribution in [-0.4, -0.2) is 27.6 Å². The van der Waals surface area contributed by atoms with Gasteiger partial charge in [0.15, 0.2) is 0 Å². The molecule has 1 aliphatic rings. The second-order valence-corrected chi connectivity index (χ2v) is 6.52. The molecule has 3 heterocycles. The number of thiophene rings is 1. The molecule has 116 valence electrons. The Bertz CT molecular complexity index is 875. The average Bonchev–Trinajstić information content (AvgIpc) is 2.99. The Morgan fingerprint density at radius 2 is 2.04 bits per heavy atom. The van der Waals surface area contributed by atoms with Gasteiger partial charge in [-0.3, -0.25) is 10.0 Å². The molecule has 0 saturated heterocycles. The van der Waals surface area contributed by atoms with Crippen LogP contribution in [0.5, 0.6) is 0 Å². The Morgan fingerprint density at radius 3 is 2.83 bits per heavy atom. The lowest BCUT2D eigenvalue weighted by atomic mass is 10.0. The number of anilines is 1. The first-order valence-corrected chi connectivity index (χ1v) is 8.08. The number of hydrogen-bond acceptors (Lipinski definition) is 6. The predicted molar refractivity (Wildman–Crippen MR) is 87.9 cm³/mol. The van der Waals surface area contributed by atoms with Gasteiger partial charge in [-0.25, -0.2) is 15.4 Å². The van der Waals surface area contributed by atoms with Gasteiger partial charge in [-0.05, 0) is 23.4 Å². The van der Waals surface area contributed by atoms with Crippen molar-refractivity contribution in [3.05, 3.63) is 52.7 Å². The number of hydrogen-bond donors (Lipinski definition) is 2. The lowest BCUT2D eigenvalue weighted by Gasteiger charge is -2.26. The highest BCUT2D eigenvalue weighted by molar-refractivity contribution is 7.19. The van der Waals surface area contributed by atoms with Crippen LogP contribution in [0.2, 0.25) is 0 Å². The molecule has 0 spiro atoms. The maximum absolute atomic E-state index is 11.3. The molecule has 3 aromatic rings. The Balaban J connectivity index is 1.61. The number of hydroxylamine groups is 1. The molecule has 0 bridgehead atoms. The standard InChI is InChI=1S/C16H14N4O2S/c21-15(19-22)10-7-17-16(18-8-10)20-6-5-12-11-3-1-2-4-13(11)23-14(12)9-20/h1-4,7-8,22H,5-6,9H2,(H,19,21). The van der Waals surface area contributed by atoms with Crippen LogP contribution in [0.1, 0.15) is 20.8 Å². The molecule has 2 N–H and O–H groups in total. The van der Waals surface area contributed by atoms with Gasteiger partial charge in [0, 0.05) is 28.5 Å². The van der Waals surface area contributed by atoms with Gasteiger partial charge in [0.25, 0.3) is 5.91 Å². The van der Waals surface area contributed by atoms with Gasteiger partial charge in [-0.1, -0.05) is 18.2 Å². The van der Waals surface area contributed by atoms with Crippen LogP contribution < -0.4 is 10.4 Å². The first-order valence-electron chi connectivity index (χ1n) is 7.27. The lowest BCUT2D eigenvalue weighted by Crippen LogP contribution is -2.31. The average molecular weight is 326 g/mol. The van der Waals surface area contributed by atoms with Crippen molar-refractivity contribution in [3.63, 3.8) is 0 Å². The number of amides is 1. The van der Waals surface area contributed by atoms with Gasteiger partial charge in [0.2, 0.25) is 5.95 Å². The van der Waals surface area contributed by atoms with E-state index in [4.69, 9.17) is 5.21 Å². The summed E-state index contributed by atoms with van der Waals surface area (Å²) in [6.07, 6.45) is 3.81. The van der Waals surface area contributed by atoms with Crippen molar-refractivity contribution in [1.29, 1.82) is 0 Å². The molecule has 0 atom stereocenters. The molecule has 0 aliphatic carbocycles. The van der Waals surface area contributed by atoms with Gasteiger partial charge >= 0.3 is 0 Å². The molecule has 0 unspecified atom stereocenters. The number of benzene rings is 1. The lowest BCUT2D eigenvalue weighted by molar-refractivity contribution is 0.0705. The normalized spacial score (nSPS) is 13.9. The molecule has 7 heteroatoms. The largest absolute Gasteiger partial charge is 0.335 e. The third-order valence-corrected chi connectivity index (χ3v) is 5.23. The quantitative estimate of drug-likeness (QED) is 0.558. The molecule has 0 saturated carbocycles. The molecule has 6 nitrogen and oxygen atoms in total. The van der Waals surface area contributed by atoms with E-state index >= 15 is 0 Å². The summed E-state index contributed by atoms with van der Waals surface area (Å²) in [6, 6.07) is 8.48. The fourth-order valence-corrected chi connectivity index (χ4v) is 4.16. The molecule has 2 aromatic heterocycles. The summed E-state index contributed by atoms with van der Waals surface area (Å²) in [6.45, 7) is 1.62. The van der Waals surface area contributed by atoms with E-state index in [1.54, 1.807) is 5.48 Å². The number of carbonyl (C=O) groups excluding carboxylic acids is 1. The fourth-order valence-electron chi connectivity index (χ4n) is 2.89. The van der Waals surface area contributed by atoms with Crippen molar-refractivity contribution >= 4 is 33.3 Å². The van der Waals surface area contributed by atoms with Crippen LogP contribution >= 0.6 is 11.3 Å². The van der Waals surface area contributed by atoms with Crippen LogP contribution in [0.15, 0.2) is 36.7 Å². The molecule has 1 amide bonds. The Morgan fingerprint density at radius 1 is 1.26 bits per heavy atom. The summed E-state index contributed by atoms with van der Waals surface area (Å²) in [5, 5.41) is 9.97. The van der Waals surface area contributed by atoms with Crippen molar-refractivity contribution in [2.45, 2.75) is 13.0 Å². The van der Waals surface area contributed by atoms with E-state index in [1.807, 2.05) is 11.3 Å². The van der Waals surface area contributed by atoms with E-state index in [1.165, 1.54) is 32.9 Å². The number of aromatic nitrogens is 2. The molecular formula is C16H14N4O2S. The maximum atomic E-state index is 11.3. The molecule has 1 aromatic carbocycles. The van der Waals surface area contributed by atoms with E-state index in [2.05, 4.69) is 39.1 Å². The summed E-state index contributed by atoms with van der Waals surface area (Å²) in [5.41, 5.74) is 3.24. The van der Waals surface area contributed by atoms with E-state index in [0.29, 0.717) is 5.95 Å². The van der Waals surface area contributed by atoms with Crippen molar-refractivity contribution in [1.82, 2.24) is 15.4 Å². The second-order valence-electron chi connectivity index (χ2n) is 5.38. The molecule has 23 heavy (non-hydrogen) atoms. The maximum Gasteiger partial charge on any atom is 0.277 e. The highest BCUT2D eigenvalue weighted by Crippen LogP contribution is 2.35. The summed E-state index contributed by atoms with van der Waals surface area (Å²) in [4.78, 5) is 23.3. The molecule has 0 fully saturated rings. The van der Waals surface area contributed by atoms with E-state index in [-0.39, 0.29) is 5.56 Å². The molecular weight excluding hydrogens is 312 g/mol. The summed E-state index contributed by atoms with van der Waals surface area (Å²) >= 11 is 1.82. The highest BCUT2D eigenvalue weighted by Gasteiger charge is 2.22. The molecule has 4 rings (SSSR count). The zero-order valence-electron chi connectivity index (χ0n) is 12.2. The zero-order valence-corrected chi connectivity index (χ0v) is 13.0. The fraction of sp³-hybridized carbons (Fsp3) is 0.188. The Kier molecular flexibility index (Phi) is 3.44. The SMILES string of the molecule is O=C(NO)c1cnc(N2CCc3c(sc4ccccc34)C2)nc1. The minimum Gasteiger partial charge on any atom is -0.335 e. The minimum absolute atomic E-state index is 0.232. The molecule has 0 radical (unpaired) electrons. The smallest absolute Gasteiger partial charge is 0.277 e. The van der Waals surface area contributed by atoms with Gasteiger partial charge in [-0.2, -0.15) is 0 Å².